The van der Waals surface area contributed by atoms with Crippen molar-refractivity contribution in [3.8, 4) is 0 Å². The van der Waals surface area contributed by atoms with Crippen LogP contribution in [-0.4, -0.2) is 18.5 Å². The van der Waals surface area contributed by atoms with Crippen LogP contribution in [0, 0.1) is 0 Å². The molecule has 0 aromatic heterocycles. The summed E-state index contributed by atoms with van der Waals surface area (Å²) in [5.74, 6) is 0. The van der Waals surface area contributed by atoms with Crippen LogP contribution in [-0.2, 0) is 11.8 Å². The lowest BCUT2D eigenvalue weighted by Gasteiger charge is -2.20. The zero-order chi connectivity index (χ0) is 10.2. The predicted octanol–water partition coefficient (Wildman–Crippen LogP) is 4.48. The SMILES string of the molecule is CCCCP(=S)(CCC)CCCC. The Labute approximate surface area is 89.5 Å². The Balaban J connectivity index is 3.92. The molecule has 0 nitrogen and oxygen atoms in total. The fourth-order valence-electron chi connectivity index (χ4n) is 1.64. The van der Waals surface area contributed by atoms with Crippen LogP contribution in [0.4, 0.5) is 0 Å². The third-order valence-electron chi connectivity index (χ3n) is 2.47. The van der Waals surface area contributed by atoms with Gasteiger partial charge in [-0.05, 0) is 37.4 Å². The van der Waals surface area contributed by atoms with E-state index in [1.807, 2.05) is 0 Å². The molecular weight excluding hydrogens is 195 g/mol. The molecule has 0 amide bonds. The summed E-state index contributed by atoms with van der Waals surface area (Å²) in [6.45, 7) is 6.82. The molecule has 0 fully saturated rings. The minimum absolute atomic E-state index is 0.919. The molecule has 0 heterocycles. The van der Waals surface area contributed by atoms with Gasteiger partial charge < -0.3 is 0 Å². The molecule has 0 spiro atoms. The lowest BCUT2D eigenvalue weighted by molar-refractivity contribution is 0.862. The molecule has 0 unspecified atom stereocenters. The molecule has 0 aromatic carbocycles. The molecule has 0 aliphatic rings. The lowest BCUT2D eigenvalue weighted by atomic mass is 10.4. The van der Waals surface area contributed by atoms with Crippen molar-refractivity contribution in [2.45, 2.75) is 52.9 Å². The minimum atomic E-state index is -0.919. The van der Waals surface area contributed by atoms with Gasteiger partial charge in [-0.25, -0.2) is 0 Å². The van der Waals surface area contributed by atoms with Crippen LogP contribution >= 0.6 is 6.04 Å². The topological polar surface area (TPSA) is 0 Å². The van der Waals surface area contributed by atoms with Gasteiger partial charge in [0.2, 0.25) is 0 Å². The first-order valence-electron chi connectivity index (χ1n) is 5.75. The maximum atomic E-state index is 5.84. The van der Waals surface area contributed by atoms with E-state index in [0.29, 0.717) is 0 Å². The highest BCUT2D eigenvalue weighted by atomic mass is 32.4. The largest absolute Gasteiger partial charge is 0.0975 e. The third kappa shape index (κ3) is 6.69. The second-order valence-electron chi connectivity index (χ2n) is 3.94. The van der Waals surface area contributed by atoms with Crippen LogP contribution in [0.15, 0.2) is 0 Å². The van der Waals surface area contributed by atoms with Crippen molar-refractivity contribution in [3.63, 3.8) is 0 Å². The molecule has 0 saturated carbocycles. The average Bonchev–Trinajstić information content (AvgIpc) is 2.12. The zero-order valence-electron chi connectivity index (χ0n) is 9.51. The second-order valence-corrected chi connectivity index (χ2v) is 9.72. The van der Waals surface area contributed by atoms with Crippen molar-refractivity contribution in [2.24, 2.45) is 0 Å². The Bertz CT molecular complexity index is 142. The first kappa shape index (κ1) is 13.7. The van der Waals surface area contributed by atoms with Gasteiger partial charge in [-0.3, -0.25) is 0 Å². The molecule has 0 radical (unpaired) electrons. The van der Waals surface area contributed by atoms with E-state index in [0.717, 1.165) is 0 Å². The number of hydrogen-bond acceptors (Lipinski definition) is 1. The van der Waals surface area contributed by atoms with E-state index in [9.17, 15) is 0 Å². The Hall–Kier alpha value is 0.650. The second kappa shape index (κ2) is 8.00. The van der Waals surface area contributed by atoms with Gasteiger partial charge in [0.05, 0.1) is 0 Å². The van der Waals surface area contributed by atoms with Gasteiger partial charge >= 0.3 is 0 Å². The highest BCUT2D eigenvalue weighted by molar-refractivity contribution is 8.14. The number of rotatable bonds is 8. The summed E-state index contributed by atoms with van der Waals surface area (Å²) < 4.78 is 0. The molecule has 0 rings (SSSR count). The van der Waals surface area contributed by atoms with Crippen molar-refractivity contribution < 1.29 is 0 Å². The van der Waals surface area contributed by atoms with Gasteiger partial charge in [-0.1, -0.05) is 51.8 Å². The Morgan fingerprint density at radius 1 is 0.769 bits per heavy atom. The third-order valence-corrected chi connectivity index (χ3v) is 7.64. The molecule has 13 heavy (non-hydrogen) atoms. The fraction of sp³-hybridized carbons (Fsp3) is 1.00. The lowest BCUT2D eigenvalue weighted by Crippen LogP contribution is -1.99. The molecule has 0 saturated heterocycles. The van der Waals surface area contributed by atoms with E-state index < -0.39 is 6.04 Å². The average molecular weight is 220 g/mol. The standard InChI is InChI=1S/C11H25PS/c1-4-7-10-12(13,9-6-3)11-8-5-2/h4-11H2,1-3H3. The summed E-state index contributed by atoms with van der Waals surface area (Å²) in [7, 11) is 0. The number of unbranched alkanes of at least 4 members (excludes halogenated alkanes) is 2. The van der Waals surface area contributed by atoms with Crippen LogP contribution in [0.1, 0.15) is 52.9 Å². The van der Waals surface area contributed by atoms with E-state index in [2.05, 4.69) is 20.8 Å². The van der Waals surface area contributed by atoms with Gasteiger partial charge in [0.1, 0.15) is 0 Å². The van der Waals surface area contributed by atoms with Crippen LogP contribution < -0.4 is 0 Å². The van der Waals surface area contributed by atoms with Crippen LogP contribution in [0.25, 0.3) is 0 Å². The molecule has 80 valence electrons. The van der Waals surface area contributed by atoms with Crippen molar-refractivity contribution in [3.05, 3.63) is 0 Å². The Kier molecular flexibility index (Phi) is 8.40. The summed E-state index contributed by atoms with van der Waals surface area (Å²) in [5.41, 5.74) is 0. The van der Waals surface area contributed by atoms with E-state index in [1.165, 1.54) is 50.6 Å². The van der Waals surface area contributed by atoms with E-state index in [-0.39, 0.29) is 0 Å². The molecule has 0 aliphatic carbocycles. The molecular formula is C11H25PS. The van der Waals surface area contributed by atoms with Crippen molar-refractivity contribution in [1.82, 2.24) is 0 Å². The first-order chi connectivity index (χ1) is 6.18. The summed E-state index contributed by atoms with van der Waals surface area (Å²) >= 11 is 5.84. The smallest absolute Gasteiger partial charge is 0.0235 e. The molecule has 2 heteroatoms. The van der Waals surface area contributed by atoms with Gasteiger partial charge in [-0.2, -0.15) is 0 Å². The zero-order valence-corrected chi connectivity index (χ0v) is 11.2. The Morgan fingerprint density at radius 2 is 1.23 bits per heavy atom. The highest BCUT2D eigenvalue weighted by Crippen LogP contribution is 2.48. The maximum Gasteiger partial charge on any atom is -0.0235 e. The molecule has 0 aromatic rings. The van der Waals surface area contributed by atoms with Gasteiger partial charge in [-0.15, -0.1) is 0 Å². The quantitative estimate of drug-likeness (QED) is 0.544. The Morgan fingerprint density at radius 3 is 1.54 bits per heavy atom. The first-order valence-corrected chi connectivity index (χ1v) is 9.11. The van der Waals surface area contributed by atoms with Crippen LogP contribution in [0.2, 0.25) is 0 Å². The summed E-state index contributed by atoms with van der Waals surface area (Å²) in [5, 5.41) is 0. The molecule has 0 aliphatic heterocycles. The molecule has 0 N–H and O–H groups in total. The minimum Gasteiger partial charge on any atom is -0.0975 e. The summed E-state index contributed by atoms with van der Waals surface area (Å²) in [4.78, 5) is 0. The molecule has 0 bridgehead atoms. The molecule has 0 atom stereocenters. The monoisotopic (exact) mass is 220 g/mol. The van der Waals surface area contributed by atoms with Crippen molar-refractivity contribution in [1.29, 1.82) is 0 Å². The van der Waals surface area contributed by atoms with E-state index >= 15 is 0 Å². The normalized spacial score (nSPS) is 11.9. The van der Waals surface area contributed by atoms with E-state index in [1.54, 1.807) is 0 Å². The van der Waals surface area contributed by atoms with Crippen molar-refractivity contribution in [2.75, 3.05) is 18.5 Å². The predicted molar refractivity (Wildman–Crippen MR) is 69.0 cm³/mol. The van der Waals surface area contributed by atoms with Crippen LogP contribution in [0.3, 0.4) is 0 Å². The summed E-state index contributed by atoms with van der Waals surface area (Å²) in [6, 6.07) is -0.919. The van der Waals surface area contributed by atoms with Crippen molar-refractivity contribution >= 4 is 17.8 Å². The maximum absolute atomic E-state index is 5.84. The number of hydrogen-bond donors (Lipinski definition) is 0. The van der Waals surface area contributed by atoms with Gasteiger partial charge in [0, 0.05) is 0 Å². The van der Waals surface area contributed by atoms with Crippen LogP contribution in [0.5, 0.6) is 0 Å². The van der Waals surface area contributed by atoms with Gasteiger partial charge in [0.15, 0.2) is 0 Å². The summed E-state index contributed by atoms with van der Waals surface area (Å²) in [6.07, 6.45) is 10.7. The fourth-order valence-corrected chi connectivity index (χ4v) is 6.23. The van der Waals surface area contributed by atoms with Gasteiger partial charge in [0.25, 0.3) is 0 Å². The van der Waals surface area contributed by atoms with E-state index in [4.69, 9.17) is 11.8 Å². The highest BCUT2D eigenvalue weighted by Gasteiger charge is 2.13.